The molecule has 0 aliphatic heterocycles. The van der Waals surface area contributed by atoms with E-state index < -0.39 is 0 Å². The number of fused-ring (bicyclic) bond motifs is 9. The Morgan fingerprint density at radius 2 is 0.964 bits per heavy atom. The van der Waals surface area contributed by atoms with Gasteiger partial charge in [0.1, 0.15) is 0 Å². The Morgan fingerprint density at radius 1 is 0.400 bits per heavy atom. The van der Waals surface area contributed by atoms with Crippen LogP contribution in [-0.4, -0.2) is 0 Å². The Labute approximate surface area is 326 Å². The van der Waals surface area contributed by atoms with Crippen LogP contribution in [0.15, 0.2) is 188 Å². The molecule has 0 fully saturated rings. The van der Waals surface area contributed by atoms with E-state index in [2.05, 4.69) is 202 Å². The van der Waals surface area contributed by atoms with Crippen LogP contribution in [0.4, 0.5) is 0 Å². The molecule has 0 amide bonds. The van der Waals surface area contributed by atoms with Gasteiger partial charge < -0.3 is 0 Å². The second-order valence-electron chi connectivity index (χ2n) is 15.6. The van der Waals surface area contributed by atoms with Gasteiger partial charge in [0.15, 0.2) is 0 Å². The Hall–Kier alpha value is -6.28. The zero-order valence-corrected chi connectivity index (χ0v) is 31.7. The molecule has 0 N–H and O–H groups in total. The van der Waals surface area contributed by atoms with Crippen molar-refractivity contribution in [3.63, 3.8) is 0 Å². The van der Waals surface area contributed by atoms with E-state index >= 15 is 0 Å². The zero-order valence-electron chi connectivity index (χ0n) is 30.9. The topological polar surface area (TPSA) is 0 Å². The van der Waals surface area contributed by atoms with Gasteiger partial charge in [0.2, 0.25) is 0 Å². The molecule has 0 nitrogen and oxygen atoms in total. The molecule has 0 saturated carbocycles. The molecular formula is C54H38S. The van der Waals surface area contributed by atoms with Gasteiger partial charge in [0.05, 0.1) is 0 Å². The maximum atomic E-state index is 2.48. The van der Waals surface area contributed by atoms with E-state index in [9.17, 15) is 0 Å². The molecule has 1 atom stereocenters. The first-order valence-electron chi connectivity index (χ1n) is 19.3. The van der Waals surface area contributed by atoms with E-state index in [4.69, 9.17) is 0 Å². The second kappa shape index (κ2) is 12.4. The van der Waals surface area contributed by atoms with Gasteiger partial charge >= 0.3 is 0 Å². The summed E-state index contributed by atoms with van der Waals surface area (Å²) in [5.41, 5.74) is 14.4. The van der Waals surface area contributed by atoms with Crippen molar-refractivity contribution in [2.75, 3.05) is 0 Å². The highest BCUT2D eigenvalue weighted by molar-refractivity contribution is 7.26. The van der Waals surface area contributed by atoms with Crippen LogP contribution in [0.1, 0.15) is 47.6 Å². The largest absolute Gasteiger partial charge is 0.135 e. The lowest BCUT2D eigenvalue weighted by Gasteiger charge is -2.23. The number of hydrogen-bond donors (Lipinski definition) is 0. The summed E-state index contributed by atoms with van der Waals surface area (Å²) in [6.07, 6.45) is 0. The van der Waals surface area contributed by atoms with Gasteiger partial charge in [0.25, 0.3) is 0 Å². The van der Waals surface area contributed by atoms with Crippen molar-refractivity contribution in [2.45, 2.75) is 25.2 Å². The lowest BCUT2D eigenvalue weighted by atomic mass is 9.80. The van der Waals surface area contributed by atoms with Crippen molar-refractivity contribution < 1.29 is 0 Å². The lowest BCUT2D eigenvalue weighted by Crippen LogP contribution is -2.15. The third kappa shape index (κ3) is 5.04. The molecule has 260 valence electrons. The van der Waals surface area contributed by atoms with E-state index in [1.165, 1.54) is 103 Å². The zero-order chi connectivity index (χ0) is 36.7. The maximum Gasteiger partial charge on any atom is 0.0440 e. The predicted molar refractivity (Wildman–Crippen MR) is 237 cm³/mol. The molecule has 9 aromatic carbocycles. The van der Waals surface area contributed by atoms with Crippen LogP contribution < -0.4 is 0 Å². The highest BCUT2D eigenvalue weighted by atomic mass is 32.1. The van der Waals surface area contributed by atoms with Crippen molar-refractivity contribution in [3.8, 4) is 33.4 Å². The lowest BCUT2D eigenvalue weighted by molar-refractivity contribution is 0.660. The van der Waals surface area contributed by atoms with Gasteiger partial charge in [-0.3, -0.25) is 0 Å². The molecule has 0 saturated heterocycles. The van der Waals surface area contributed by atoms with Crippen LogP contribution in [0, 0.1) is 0 Å². The average Bonchev–Trinajstić information content (AvgIpc) is 3.74. The smallest absolute Gasteiger partial charge is 0.0440 e. The number of rotatable bonds is 5. The molecule has 1 heterocycles. The van der Waals surface area contributed by atoms with Crippen LogP contribution in [-0.2, 0) is 5.41 Å². The molecule has 0 spiro atoms. The highest BCUT2D eigenvalue weighted by Gasteiger charge is 2.35. The maximum absolute atomic E-state index is 2.48. The molecule has 0 bridgehead atoms. The highest BCUT2D eigenvalue weighted by Crippen LogP contribution is 2.50. The van der Waals surface area contributed by atoms with Crippen LogP contribution in [0.25, 0.3) is 75.1 Å². The Bertz CT molecular complexity index is 3100. The fraction of sp³-hybridized carbons (Fsp3) is 0.0741. The number of benzene rings is 9. The van der Waals surface area contributed by atoms with Gasteiger partial charge in [0, 0.05) is 31.5 Å². The minimum Gasteiger partial charge on any atom is -0.135 e. The van der Waals surface area contributed by atoms with Gasteiger partial charge in [-0.2, -0.15) is 0 Å². The predicted octanol–water partition coefficient (Wildman–Crippen LogP) is 15.2. The van der Waals surface area contributed by atoms with Crippen molar-refractivity contribution in [2.24, 2.45) is 0 Å². The molecule has 1 aliphatic rings. The van der Waals surface area contributed by atoms with Crippen LogP contribution in [0.3, 0.4) is 0 Å². The van der Waals surface area contributed by atoms with Crippen molar-refractivity contribution in [1.82, 2.24) is 0 Å². The minimum atomic E-state index is -0.0290. The first-order chi connectivity index (χ1) is 27.0. The first kappa shape index (κ1) is 32.2. The Kier molecular flexibility index (Phi) is 7.24. The van der Waals surface area contributed by atoms with Crippen LogP contribution in [0.5, 0.6) is 0 Å². The molecule has 0 radical (unpaired) electrons. The minimum absolute atomic E-state index is 0.0290. The Morgan fingerprint density at radius 3 is 1.75 bits per heavy atom. The molecule has 1 aromatic heterocycles. The van der Waals surface area contributed by atoms with E-state index in [0.717, 1.165) is 0 Å². The fourth-order valence-corrected chi connectivity index (χ4v) is 10.7. The summed E-state index contributed by atoms with van der Waals surface area (Å²) in [4.78, 5) is 0. The number of hydrogen-bond acceptors (Lipinski definition) is 1. The van der Waals surface area contributed by atoms with E-state index in [1.807, 2.05) is 11.3 Å². The van der Waals surface area contributed by atoms with Gasteiger partial charge in [-0.1, -0.05) is 184 Å². The average molecular weight is 719 g/mol. The number of thiophene rings is 1. The first-order valence-corrected chi connectivity index (χ1v) is 20.1. The fourth-order valence-electron chi connectivity index (χ4n) is 9.47. The molecule has 11 rings (SSSR count). The Balaban J connectivity index is 1.07. The summed E-state index contributed by atoms with van der Waals surface area (Å²) in [5.74, 6) is 0.0652. The molecule has 10 aromatic rings. The molecule has 1 unspecified atom stereocenters. The van der Waals surface area contributed by atoms with Gasteiger partial charge in [-0.05, 0) is 101 Å². The molecule has 1 heteroatoms. The summed E-state index contributed by atoms with van der Waals surface area (Å²) in [6, 6.07) is 70.4. The standard InChI is InChI=1S/C54H38S/c1-54(2)48-20-9-7-17-44(48)47-33-40(30-31-49(47)54)51(37-26-22-35(23-27-37)42-19-11-14-34-12-3-5-15-41(34)42)38-28-24-36(25-29-38)46-32-39-13-4-6-16-43(39)53-52(46)45-18-8-10-21-50(45)55-53/h3-33,51H,1-2H3. The quantitative estimate of drug-likeness (QED) is 0.155. The van der Waals surface area contributed by atoms with E-state index in [-0.39, 0.29) is 11.3 Å². The summed E-state index contributed by atoms with van der Waals surface area (Å²) in [7, 11) is 0. The van der Waals surface area contributed by atoms with E-state index in [1.54, 1.807) is 0 Å². The third-order valence-electron chi connectivity index (χ3n) is 12.2. The SMILES string of the molecule is CC1(C)c2ccccc2-c2cc(C(c3ccc(-c4cccc5ccccc45)cc3)c3ccc(-c4cc5ccccc5c5sc6ccccc6c45)cc3)ccc21. The summed E-state index contributed by atoms with van der Waals surface area (Å²) in [6.45, 7) is 4.72. The van der Waals surface area contributed by atoms with Gasteiger partial charge in [-0.25, -0.2) is 0 Å². The van der Waals surface area contributed by atoms with Crippen LogP contribution in [0.2, 0.25) is 0 Å². The monoisotopic (exact) mass is 718 g/mol. The normalized spacial score (nSPS) is 13.7. The van der Waals surface area contributed by atoms with Crippen molar-refractivity contribution in [3.05, 3.63) is 216 Å². The van der Waals surface area contributed by atoms with Crippen molar-refractivity contribution in [1.29, 1.82) is 0 Å². The molecule has 55 heavy (non-hydrogen) atoms. The molecular weight excluding hydrogens is 681 g/mol. The summed E-state index contributed by atoms with van der Waals surface area (Å²) in [5, 5.41) is 7.84. The molecule has 1 aliphatic carbocycles. The second-order valence-corrected chi connectivity index (χ2v) is 16.7. The van der Waals surface area contributed by atoms with Gasteiger partial charge in [-0.15, -0.1) is 11.3 Å². The van der Waals surface area contributed by atoms with Crippen LogP contribution >= 0.6 is 11.3 Å². The third-order valence-corrected chi connectivity index (χ3v) is 13.4. The summed E-state index contributed by atoms with van der Waals surface area (Å²) < 4.78 is 2.70. The van der Waals surface area contributed by atoms with Crippen molar-refractivity contribution >= 4 is 53.1 Å². The van der Waals surface area contributed by atoms with E-state index in [0.29, 0.717) is 0 Å². The summed E-state index contributed by atoms with van der Waals surface area (Å²) >= 11 is 1.91.